The summed E-state index contributed by atoms with van der Waals surface area (Å²) in [5.41, 5.74) is 1.13. The van der Waals surface area contributed by atoms with E-state index in [2.05, 4.69) is 5.32 Å². The summed E-state index contributed by atoms with van der Waals surface area (Å²) in [6, 6.07) is 6.64. The maximum absolute atomic E-state index is 12.7. The summed E-state index contributed by atoms with van der Waals surface area (Å²) < 4.78 is 18.4. The van der Waals surface area contributed by atoms with E-state index in [1.165, 1.54) is 12.1 Å². The zero-order valence-electron chi connectivity index (χ0n) is 9.42. The molecule has 0 bridgehead atoms. The number of benzene rings is 1. The van der Waals surface area contributed by atoms with Crippen LogP contribution in [0.4, 0.5) is 4.39 Å². The Morgan fingerprint density at radius 2 is 1.88 bits per heavy atom. The van der Waals surface area contributed by atoms with Crippen LogP contribution in [0.1, 0.15) is 18.4 Å². The molecule has 88 valence electrons. The van der Waals surface area contributed by atoms with Gasteiger partial charge in [0.2, 0.25) is 0 Å². The molecule has 2 rings (SSSR count). The summed E-state index contributed by atoms with van der Waals surface area (Å²) in [6.45, 7) is 2.85. The minimum absolute atomic E-state index is 0.178. The number of piperidine rings is 1. The quantitative estimate of drug-likeness (QED) is 0.844. The van der Waals surface area contributed by atoms with Crippen molar-refractivity contribution in [2.75, 3.05) is 19.7 Å². The number of hydrogen-bond donors (Lipinski definition) is 1. The first kappa shape index (κ1) is 11.6. The molecule has 0 amide bonds. The number of rotatable bonds is 4. The molecule has 0 atom stereocenters. The van der Waals surface area contributed by atoms with Gasteiger partial charge in [-0.1, -0.05) is 12.1 Å². The van der Waals surface area contributed by atoms with Gasteiger partial charge in [-0.25, -0.2) is 4.39 Å². The van der Waals surface area contributed by atoms with E-state index in [9.17, 15) is 4.39 Å². The fourth-order valence-corrected chi connectivity index (χ4v) is 1.96. The van der Waals surface area contributed by atoms with Crippen molar-refractivity contribution in [1.82, 2.24) is 5.32 Å². The van der Waals surface area contributed by atoms with Crippen LogP contribution >= 0.6 is 0 Å². The summed E-state index contributed by atoms with van der Waals surface area (Å²) in [5.74, 6) is -0.178. The number of nitrogens with one attached hydrogen (secondary N) is 1. The molecule has 2 nitrogen and oxygen atoms in total. The first-order valence-corrected chi connectivity index (χ1v) is 5.91. The van der Waals surface area contributed by atoms with Gasteiger partial charge in [0.05, 0.1) is 12.7 Å². The average molecular weight is 223 g/mol. The van der Waals surface area contributed by atoms with Gasteiger partial charge in [-0.3, -0.25) is 0 Å². The van der Waals surface area contributed by atoms with Crippen LogP contribution in [0, 0.1) is 5.82 Å². The Kier molecular flexibility index (Phi) is 4.31. The van der Waals surface area contributed by atoms with Gasteiger partial charge in [-0.05, 0) is 50.0 Å². The SMILES string of the molecule is Fc1ccc(CCOC2CCNCC2)cc1. The lowest BCUT2D eigenvalue weighted by molar-refractivity contribution is 0.0349. The number of halogens is 1. The van der Waals surface area contributed by atoms with E-state index < -0.39 is 0 Å². The van der Waals surface area contributed by atoms with E-state index in [-0.39, 0.29) is 5.82 Å². The van der Waals surface area contributed by atoms with Crippen LogP contribution in [0.2, 0.25) is 0 Å². The maximum Gasteiger partial charge on any atom is 0.123 e. The van der Waals surface area contributed by atoms with Crippen LogP contribution in [0.15, 0.2) is 24.3 Å². The van der Waals surface area contributed by atoms with Gasteiger partial charge in [-0.15, -0.1) is 0 Å². The van der Waals surface area contributed by atoms with Crippen molar-refractivity contribution in [3.63, 3.8) is 0 Å². The molecular weight excluding hydrogens is 205 g/mol. The Labute approximate surface area is 95.8 Å². The van der Waals surface area contributed by atoms with E-state index in [4.69, 9.17) is 4.74 Å². The third kappa shape index (κ3) is 3.58. The van der Waals surface area contributed by atoms with Crippen LogP contribution < -0.4 is 5.32 Å². The second-order valence-corrected chi connectivity index (χ2v) is 4.20. The molecule has 1 aliphatic rings. The van der Waals surface area contributed by atoms with Gasteiger partial charge < -0.3 is 10.1 Å². The predicted molar refractivity (Wildman–Crippen MR) is 61.9 cm³/mol. The van der Waals surface area contributed by atoms with Gasteiger partial charge in [0.1, 0.15) is 5.82 Å². The van der Waals surface area contributed by atoms with Crippen molar-refractivity contribution < 1.29 is 9.13 Å². The highest BCUT2D eigenvalue weighted by Gasteiger charge is 2.12. The minimum Gasteiger partial charge on any atom is -0.378 e. The Morgan fingerprint density at radius 1 is 1.19 bits per heavy atom. The van der Waals surface area contributed by atoms with E-state index in [1.54, 1.807) is 0 Å². The molecule has 1 aromatic rings. The minimum atomic E-state index is -0.178. The third-order valence-corrected chi connectivity index (χ3v) is 2.94. The smallest absolute Gasteiger partial charge is 0.123 e. The summed E-state index contributed by atoms with van der Waals surface area (Å²) >= 11 is 0. The molecule has 0 spiro atoms. The molecule has 0 aromatic heterocycles. The van der Waals surface area contributed by atoms with Gasteiger partial charge in [0, 0.05) is 0 Å². The van der Waals surface area contributed by atoms with Crippen LogP contribution in [0.25, 0.3) is 0 Å². The van der Waals surface area contributed by atoms with Gasteiger partial charge in [-0.2, -0.15) is 0 Å². The Balaban J connectivity index is 1.69. The van der Waals surface area contributed by atoms with E-state index in [0.717, 1.165) is 44.5 Å². The van der Waals surface area contributed by atoms with Crippen molar-refractivity contribution in [3.8, 4) is 0 Å². The Hall–Kier alpha value is -0.930. The largest absolute Gasteiger partial charge is 0.378 e. The standard InChI is InChI=1S/C13H18FNO/c14-12-3-1-11(2-4-12)7-10-16-13-5-8-15-9-6-13/h1-4,13,15H,5-10H2. The molecule has 1 saturated heterocycles. The normalized spacial score (nSPS) is 17.6. The Bertz CT molecular complexity index is 306. The lowest BCUT2D eigenvalue weighted by Gasteiger charge is -2.22. The van der Waals surface area contributed by atoms with Gasteiger partial charge >= 0.3 is 0 Å². The fraction of sp³-hybridized carbons (Fsp3) is 0.538. The van der Waals surface area contributed by atoms with Crippen molar-refractivity contribution in [2.24, 2.45) is 0 Å². The predicted octanol–water partition coefficient (Wildman–Crippen LogP) is 2.14. The second kappa shape index (κ2) is 5.97. The molecule has 0 radical (unpaired) electrons. The van der Waals surface area contributed by atoms with Crippen molar-refractivity contribution in [3.05, 3.63) is 35.6 Å². The van der Waals surface area contributed by atoms with E-state index in [0.29, 0.717) is 6.10 Å². The fourth-order valence-electron chi connectivity index (χ4n) is 1.96. The molecule has 1 fully saturated rings. The highest BCUT2D eigenvalue weighted by atomic mass is 19.1. The highest BCUT2D eigenvalue weighted by Crippen LogP contribution is 2.09. The first-order chi connectivity index (χ1) is 7.84. The number of hydrogen-bond acceptors (Lipinski definition) is 2. The lowest BCUT2D eigenvalue weighted by Crippen LogP contribution is -2.32. The van der Waals surface area contributed by atoms with Crippen LogP contribution in [0.5, 0.6) is 0 Å². The van der Waals surface area contributed by atoms with Gasteiger partial charge in [0.15, 0.2) is 0 Å². The molecule has 1 aromatic carbocycles. The van der Waals surface area contributed by atoms with Gasteiger partial charge in [0.25, 0.3) is 0 Å². The highest BCUT2D eigenvalue weighted by molar-refractivity contribution is 5.16. The molecule has 3 heteroatoms. The number of ether oxygens (including phenoxy) is 1. The zero-order valence-corrected chi connectivity index (χ0v) is 9.42. The maximum atomic E-state index is 12.7. The zero-order chi connectivity index (χ0) is 11.2. The van der Waals surface area contributed by atoms with E-state index >= 15 is 0 Å². The van der Waals surface area contributed by atoms with Crippen molar-refractivity contribution in [2.45, 2.75) is 25.4 Å². The summed E-state index contributed by atoms with van der Waals surface area (Å²) in [4.78, 5) is 0. The van der Waals surface area contributed by atoms with Crippen LogP contribution in [-0.2, 0) is 11.2 Å². The second-order valence-electron chi connectivity index (χ2n) is 4.20. The third-order valence-electron chi connectivity index (χ3n) is 2.94. The molecule has 0 saturated carbocycles. The van der Waals surface area contributed by atoms with Crippen LogP contribution in [0.3, 0.4) is 0 Å². The molecule has 1 N–H and O–H groups in total. The molecule has 0 aliphatic carbocycles. The molecule has 0 unspecified atom stereocenters. The summed E-state index contributed by atoms with van der Waals surface area (Å²) in [5, 5.41) is 3.31. The monoisotopic (exact) mass is 223 g/mol. The average Bonchev–Trinajstić information content (AvgIpc) is 2.33. The molecular formula is C13H18FNO. The summed E-state index contributed by atoms with van der Waals surface area (Å²) in [6.07, 6.45) is 3.47. The summed E-state index contributed by atoms with van der Waals surface area (Å²) in [7, 11) is 0. The molecule has 1 aliphatic heterocycles. The van der Waals surface area contributed by atoms with Crippen molar-refractivity contribution in [1.29, 1.82) is 0 Å². The molecule has 1 heterocycles. The Morgan fingerprint density at radius 3 is 2.56 bits per heavy atom. The topological polar surface area (TPSA) is 21.3 Å². The molecule has 16 heavy (non-hydrogen) atoms. The van der Waals surface area contributed by atoms with E-state index in [1.807, 2.05) is 12.1 Å². The first-order valence-electron chi connectivity index (χ1n) is 5.91. The van der Waals surface area contributed by atoms with Crippen molar-refractivity contribution >= 4 is 0 Å². The van der Waals surface area contributed by atoms with Crippen LogP contribution in [-0.4, -0.2) is 25.8 Å². The lowest BCUT2D eigenvalue weighted by atomic mass is 10.1.